The van der Waals surface area contributed by atoms with Crippen LogP contribution in [-0.2, 0) is 11.0 Å². The van der Waals surface area contributed by atoms with Crippen molar-refractivity contribution in [1.82, 2.24) is 5.32 Å². The Kier molecular flexibility index (Phi) is 11.2. The molecule has 2 aromatic carbocycles. The zero-order valence-corrected chi connectivity index (χ0v) is 18.5. The summed E-state index contributed by atoms with van der Waals surface area (Å²) in [5.74, 6) is -0.359. The molecule has 0 aromatic heterocycles. The van der Waals surface area contributed by atoms with E-state index in [1.165, 1.54) is 31.2 Å². The van der Waals surface area contributed by atoms with Gasteiger partial charge in [-0.05, 0) is 74.9 Å². The van der Waals surface area contributed by atoms with Gasteiger partial charge in [0.05, 0.1) is 5.56 Å². The Morgan fingerprint density at radius 2 is 1.72 bits per heavy atom. The minimum absolute atomic E-state index is 0.204. The summed E-state index contributed by atoms with van der Waals surface area (Å²) in [5, 5.41) is 11.9. The monoisotopic (exact) mass is 475 g/mol. The molecule has 0 spiro atoms. The van der Waals surface area contributed by atoms with Crippen LogP contribution in [-0.4, -0.2) is 23.3 Å². The van der Waals surface area contributed by atoms with Gasteiger partial charge in [-0.2, -0.15) is 13.2 Å². The maximum absolute atomic E-state index is 13.2. The van der Waals surface area contributed by atoms with E-state index in [4.69, 9.17) is 21.5 Å². The minimum atomic E-state index is -4.38. The van der Waals surface area contributed by atoms with Crippen LogP contribution < -0.4 is 5.32 Å². The number of nitrogens with one attached hydrogen (secondary N) is 1. The maximum Gasteiger partial charge on any atom is 0.416 e. The number of aldehydes is 1. The molecule has 1 aliphatic carbocycles. The van der Waals surface area contributed by atoms with E-state index in [1.54, 1.807) is 0 Å². The highest BCUT2D eigenvalue weighted by Crippen LogP contribution is 2.30. The predicted octanol–water partition coefficient (Wildman–Crippen LogP) is 6.40. The van der Waals surface area contributed by atoms with E-state index < -0.39 is 17.6 Å². The van der Waals surface area contributed by atoms with Gasteiger partial charge >= 0.3 is 6.18 Å². The fraction of sp³-hybridized carbons (Fsp3) is 0.391. The maximum atomic E-state index is 13.2. The Morgan fingerprint density at radius 3 is 2.19 bits per heavy atom. The number of carbonyl (C=O) groups excluding carboxylic acids is 2. The van der Waals surface area contributed by atoms with Crippen molar-refractivity contribution in [2.75, 3.05) is 0 Å². The average Bonchev–Trinajstić information content (AvgIpc) is 2.69. The summed E-state index contributed by atoms with van der Waals surface area (Å²) in [6.07, 6.45) is 0.633. The Bertz CT molecular complexity index is 862. The number of amides is 1. The third-order valence-corrected chi connectivity index (χ3v) is 4.87. The van der Waals surface area contributed by atoms with E-state index in [1.807, 2.05) is 0 Å². The summed E-state index contributed by atoms with van der Waals surface area (Å²) in [5.41, 5.74) is -0.545. The number of halogens is 5. The number of rotatable bonds is 2. The highest BCUT2D eigenvalue weighted by Gasteiger charge is 2.30. The van der Waals surface area contributed by atoms with Crippen molar-refractivity contribution in [2.45, 2.75) is 51.7 Å². The van der Waals surface area contributed by atoms with Crippen molar-refractivity contribution < 1.29 is 32.3 Å². The second-order valence-electron chi connectivity index (χ2n) is 7.37. The molecule has 0 heterocycles. The lowest BCUT2D eigenvalue weighted by Gasteiger charge is -2.26. The molecule has 9 heteroatoms. The lowest BCUT2D eigenvalue weighted by Crippen LogP contribution is -2.37. The van der Waals surface area contributed by atoms with Gasteiger partial charge in [0, 0.05) is 16.6 Å². The van der Waals surface area contributed by atoms with Crippen molar-refractivity contribution in [3.8, 4) is 5.75 Å². The van der Waals surface area contributed by atoms with Crippen molar-refractivity contribution in [1.29, 1.82) is 0 Å². The molecule has 1 fully saturated rings. The Labute approximate surface area is 189 Å². The fourth-order valence-corrected chi connectivity index (χ4v) is 3.26. The van der Waals surface area contributed by atoms with Crippen LogP contribution in [0.5, 0.6) is 5.75 Å². The Balaban J connectivity index is 0.000000312. The molecule has 1 aliphatic rings. The summed E-state index contributed by atoms with van der Waals surface area (Å²) >= 11 is 5.74. The van der Waals surface area contributed by atoms with Crippen LogP contribution in [0, 0.1) is 11.7 Å². The molecule has 0 aliphatic heterocycles. The Hall–Kier alpha value is -2.61. The highest BCUT2D eigenvalue weighted by molar-refractivity contribution is 6.31. The zero-order chi connectivity index (χ0) is 24.3. The molecule has 3 rings (SSSR count). The van der Waals surface area contributed by atoms with E-state index in [-0.39, 0.29) is 22.7 Å². The molecular formula is C23H26ClF4NO3. The molecule has 0 saturated heterocycles. The van der Waals surface area contributed by atoms with E-state index in [0.717, 1.165) is 50.0 Å². The number of alkyl halides is 3. The fourth-order valence-electron chi connectivity index (χ4n) is 3.04. The van der Waals surface area contributed by atoms with Crippen LogP contribution >= 0.6 is 11.6 Å². The van der Waals surface area contributed by atoms with E-state index in [9.17, 15) is 22.4 Å². The summed E-state index contributed by atoms with van der Waals surface area (Å²) in [4.78, 5) is 20.8. The molecule has 2 N–H and O–H groups in total. The lowest BCUT2D eigenvalue weighted by atomic mass is 9.87. The normalized spacial score (nSPS) is 17.7. The van der Waals surface area contributed by atoms with Crippen molar-refractivity contribution in [3.63, 3.8) is 0 Å². The topological polar surface area (TPSA) is 66.4 Å². The number of hydrogen-bond acceptors (Lipinski definition) is 3. The van der Waals surface area contributed by atoms with Gasteiger partial charge in [-0.1, -0.05) is 24.6 Å². The molecule has 176 valence electrons. The quantitative estimate of drug-likeness (QED) is 0.390. The third kappa shape index (κ3) is 10.1. The number of phenols is 1. The van der Waals surface area contributed by atoms with Crippen LogP contribution in [0.15, 0.2) is 42.5 Å². The first kappa shape index (κ1) is 27.4. The molecule has 0 atom stereocenters. The highest BCUT2D eigenvalue weighted by atomic mass is 35.5. The van der Waals surface area contributed by atoms with Gasteiger partial charge < -0.3 is 15.2 Å². The summed E-state index contributed by atoms with van der Waals surface area (Å²) < 4.78 is 48.7. The van der Waals surface area contributed by atoms with Gasteiger partial charge in [0.15, 0.2) is 0 Å². The van der Waals surface area contributed by atoms with Gasteiger partial charge in [0.1, 0.15) is 17.9 Å². The molecule has 32 heavy (non-hydrogen) atoms. The second kappa shape index (κ2) is 13.1. The van der Waals surface area contributed by atoms with Crippen LogP contribution in [0.3, 0.4) is 0 Å². The van der Waals surface area contributed by atoms with E-state index in [0.29, 0.717) is 11.6 Å². The first-order valence-corrected chi connectivity index (χ1v) is 10.4. The van der Waals surface area contributed by atoms with Crippen LogP contribution in [0.25, 0.3) is 0 Å². The second-order valence-corrected chi connectivity index (χ2v) is 7.81. The van der Waals surface area contributed by atoms with Gasteiger partial charge in [-0.15, -0.1) is 0 Å². The summed E-state index contributed by atoms with van der Waals surface area (Å²) in [7, 11) is 0. The molecule has 1 amide bonds. The molecule has 2 aromatic rings. The number of benzene rings is 2. The van der Waals surface area contributed by atoms with E-state index >= 15 is 0 Å². The zero-order valence-electron chi connectivity index (χ0n) is 17.8. The number of aromatic hydroxyl groups is 1. The van der Waals surface area contributed by atoms with Gasteiger partial charge in [-0.3, -0.25) is 4.79 Å². The largest absolute Gasteiger partial charge is 0.508 e. The van der Waals surface area contributed by atoms with Crippen molar-refractivity contribution in [2.24, 2.45) is 5.92 Å². The lowest BCUT2D eigenvalue weighted by molar-refractivity contribution is -0.137. The summed E-state index contributed by atoms with van der Waals surface area (Å²) in [6, 6.07) is 8.03. The summed E-state index contributed by atoms with van der Waals surface area (Å²) in [6.45, 7) is 3.67. The minimum Gasteiger partial charge on any atom is -0.508 e. The molecule has 4 nitrogen and oxygen atoms in total. The molecule has 0 radical (unpaired) electrons. The standard InChI is InChI=1S/C14H17ClFNO.C7H5F3O.C2H4O/c1-9-2-4-13(5-3-9)17-14(18)10-6-11(15)8-12(16)7-10;8-7(9,10)5-2-1-3-6(11)4-5;1-2-3/h6-9,13H,2-5H2,1H3,(H,17,18);1-4,11H;2H,1H3. The molecule has 0 unspecified atom stereocenters. The number of phenolic OH excluding ortho intramolecular Hbond substituents is 1. The predicted molar refractivity (Wildman–Crippen MR) is 115 cm³/mol. The first-order valence-electron chi connectivity index (χ1n) is 9.99. The SMILES string of the molecule is CC1CCC(NC(=O)c2cc(F)cc(Cl)c2)CC1.CC=O.Oc1cccc(C(F)(F)F)c1. The average molecular weight is 476 g/mol. The Morgan fingerprint density at radius 1 is 1.12 bits per heavy atom. The van der Waals surface area contributed by atoms with E-state index in [2.05, 4.69) is 12.2 Å². The smallest absolute Gasteiger partial charge is 0.416 e. The van der Waals surface area contributed by atoms with Crippen LogP contribution in [0.2, 0.25) is 5.02 Å². The van der Waals surface area contributed by atoms with Crippen LogP contribution in [0.4, 0.5) is 17.6 Å². The number of hydrogen-bond donors (Lipinski definition) is 2. The van der Waals surface area contributed by atoms with Crippen LogP contribution in [0.1, 0.15) is 55.5 Å². The third-order valence-electron chi connectivity index (χ3n) is 4.65. The molecule has 0 bridgehead atoms. The van der Waals surface area contributed by atoms with Gasteiger partial charge in [0.25, 0.3) is 5.91 Å². The van der Waals surface area contributed by atoms with Gasteiger partial charge in [0.2, 0.25) is 0 Å². The van der Waals surface area contributed by atoms with Crippen molar-refractivity contribution >= 4 is 23.8 Å². The first-order chi connectivity index (χ1) is 15.0. The van der Waals surface area contributed by atoms with Gasteiger partial charge in [-0.25, -0.2) is 4.39 Å². The van der Waals surface area contributed by atoms with Crippen molar-refractivity contribution in [3.05, 3.63) is 64.4 Å². The number of carbonyl (C=O) groups is 2. The molecular weight excluding hydrogens is 450 g/mol. The molecule has 1 saturated carbocycles.